The van der Waals surface area contributed by atoms with Gasteiger partial charge in [-0.15, -0.1) is 0 Å². The van der Waals surface area contributed by atoms with Gasteiger partial charge in [0.05, 0.1) is 18.2 Å². The molecule has 1 atom stereocenters. The van der Waals surface area contributed by atoms with Crippen LogP contribution in [0.15, 0.2) is 18.2 Å². The first-order chi connectivity index (χ1) is 7.41. The van der Waals surface area contributed by atoms with Crippen LogP contribution in [0.1, 0.15) is 18.1 Å². The number of benzene rings is 1. The summed E-state index contributed by atoms with van der Waals surface area (Å²) in [6, 6.07) is 4.19. The zero-order valence-electron chi connectivity index (χ0n) is 9.14. The lowest BCUT2D eigenvalue weighted by atomic mass is 10.1. The van der Waals surface area contributed by atoms with Gasteiger partial charge in [0.15, 0.2) is 0 Å². The number of rotatable bonds is 4. The standard InChI is InChI=1S/C11H14FNO3/c1-13(2)9-4-3-7(5-8(9)12)10(14)6-11(15)16/h3-5,10,14H,6H2,1-2H3,(H,15,16)/t10-/m1/s1. The lowest BCUT2D eigenvalue weighted by Crippen LogP contribution is -2.12. The normalized spacial score (nSPS) is 12.2. The summed E-state index contributed by atoms with van der Waals surface area (Å²) in [6.45, 7) is 0. The zero-order valence-corrected chi connectivity index (χ0v) is 9.14. The van der Waals surface area contributed by atoms with Gasteiger partial charge in [-0.05, 0) is 17.7 Å². The van der Waals surface area contributed by atoms with Crippen molar-refractivity contribution in [2.24, 2.45) is 0 Å². The molecule has 0 amide bonds. The number of aliphatic hydroxyl groups is 1. The van der Waals surface area contributed by atoms with Crippen LogP contribution >= 0.6 is 0 Å². The molecule has 5 heteroatoms. The Morgan fingerprint density at radius 3 is 2.56 bits per heavy atom. The summed E-state index contributed by atoms with van der Waals surface area (Å²) in [5.41, 5.74) is 0.664. The van der Waals surface area contributed by atoms with Gasteiger partial charge >= 0.3 is 5.97 Å². The largest absolute Gasteiger partial charge is 0.481 e. The van der Waals surface area contributed by atoms with E-state index in [1.165, 1.54) is 12.1 Å². The van der Waals surface area contributed by atoms with Gasteiger partial charge in [0, 0.05) is 14.1 Å². The molecule has 0 radical (unpaired) electrons. The van der Waals surface area contributed by atoms with Gasteiger partial charge in [-0.25, -0.2) is 4.39 Å². The molecular formula is C11H14FNO3. The molecule has 0 saturated carbocycles. The molecule has 0 spiro atoms. The van der Waals surface area contributed by atoms with E-state index in [1.807, 2.05) is 0 Å². The predicted molar refractivity (Wildman–Crippen MR) is 57.9 cm³/mol. The molecule has 0 aliphatic rings. The molecule has 4 nitrogen and oxygen atoms in total. The van der Waals surface area contributed by atoms with Crippen molar-refractivity contribution in [3.05, 3.63) is 29.6 Å². The fourth-order valence-corrected chi connectivity index (χ4v) is 1.38. The van der Waals surface area contributed by atoms with E-state index in [-0.39, 0.29) is 5.56 Å². The molecule has 0 unspecified atom stereocenters. The minimum absolute atomic E-state index is 0.269. The molecule has 0 fully saturated rings. The summed E-state index contributed by atoms with van der Waals surface area (Å²) >= 11 is 0. The lowest BCUT2D eigenvalue weighted by molar-refractivity contribution is -0.139. The van der Waals surface area contributed by atoms with Gasteiger partial charge in [-0.1, -0.05) is 6.07 Å². The molecule has 0 aliphatic heterocycles. The quantitative estimate of drug-likeness (QED) is 0.816. The number of carboxylic acid groups (broad SMARTS) is 1. The molecule has 0 heterocycles. The lowest BCUT2D eigenvalue weighted by Gasteiger charge is -2.15. The summed E-state index contributed by atoms with van der Waals surface area (Å²) in [4.78, 5) is 12.0. The Hall–Kier alpha value is -1.62. The van der Waals surface area contributed by atoms with Crippen molar-refractivity contribution >= 4 is 11.7 Å². The van der Waals surface area contributed by atoms with Crippen molar-refractivity contribution < 1.29 is 19.4 Å². The third-order valence-corrected chi connectivity index (χ3v) is 2.21. The van der Waals surface area contributed by atoms with E-state index in [0.717, 1.165) is 6.07 Å². The second-order valence-electron chi connectivity index (χ2n) is 3.72. The Balaban J connectivity index is 2.92. The first-order valence-electron chi connectivity index (χ1n) is 4.78. The summed E-state index contributed by atoms with van der Waals surface area (Å²) < 4.78 is 13.5. The summed E-state index contributed by atoms with van der Waals surface area (Å²) in [5.74, 6) is -1.60. The zero-order chi connectivity index (χ0) is 12.3. The van der Waals surface area contributed by atoms with Crippen LogP contribution in [0, 0.1) is 5.82 Å². The van der Waals surface area contributed by atoms with E-state index in [0.29, 0.717) is 5.69 Å². The van der Waals surface area contributed by atoms with Gasteiger partial charge in [0.1, 0.15) is 5.82 Å². The number of anilines is 1. The molecule has 88 valence electrons. The molecule has 0 aliphatic carbocycles. The van der Waals surface area contributed by atoms with Gasteiger partial charge in [-0.3, -0.25) is 4.79 Å². The Bertz CT molecular complexity index is 393. The van der Waals surface area contributed by atoms with Gasteiger partial charge in [0.25, 0.3) is 0 Å². The molecule has 0 aromatic heterocycles. The number of hydrogen-bond acceptors (Lipinski definition) is 3. The van der Waals surface area contributed by atoms with Gasteiger partial charge in [0.2, 0.25) is 0 Å². The SMILES string of the molecule is CN(C)c1ccc([C@H](O)CC(=O)O)cc1F. The van der Waals surface area contributed by atoms with Crippen molar-refractivity contribution in [3.8, 4) is 0 Å². The van der Waals surface area contributed by atoms with Crippen molar-refractivity contribution in [2.75, 3.05) is 19.0 Å². The van der Waals surface area contributed by atoms with Crippen LogP contribution in [0.4, 0.5) is 10.1 Å². The number of nitrogens with zero attached hydrogens (tertiary/aromatic N) is 1. The third-order valence-electron chi connectivity index (χ3n) is 2.21. The maximum atomic E-state index is 13.5. The first kappa shape index (κ1) is 12.4. The van der Waals surface area contributed by atoms with E-state index in [2.05, 4.69) is 0 Å². The van der Waals surface area contributed by atoms with Crippen LogP contribution in [-0.4, -0.2) is 30.3 Å². The Kier molecular flexibility index (Phi) is 3.84. The molecule has 16 heavy (non-hydrogen) atoms. The monoisotopic (exact) mass is 227 g/mol. The van der Waals surface area contributed by atoms with Crippen LogP contribution in [-0.2, 0) is 4.79 Å². The number of carboxylic acids is 1. The van der Waals surface area contributed by atoms with Crippen molar-refractivity contribution in [1.82, 2.24) is 0 Å². The maximum absolute atomic E-state index is 13.5. The summed E-state index contributed by atoms with van der Waals surface area (Å²) in [5, 5.41) is 18.0. The average Bonchev–Trinajstić information content (AvgIpc) is 2.15. The fraction of sp³-hybridized carbons (Fsp3) is 0.364. The first-order valence-corrected chi connectivity index (χ1v) is 4.78. The number of halogens is 1. The number of carbonyl (C=O) groups is 1. The Labute approximate surface area is 92.9 Å². The van der Waals surface area contributed by atoms with E-state index < -0.39 is 24.3 Å². The molecule has 1 rings (SSSR count). The van der Waals surface area contributed by atoms with E-state index in [1.54, 1.807) is 19.0 Å². The van der Waals surface area contributed by atoms with Crippen LogP contribution in [0.25, 0.3) is 0 Å². The Morgan fingerprint density at radius 2 is 2.12 bits per heavy atom. The minimum Gasteiger partial charge on any atom is -0.481 e. The van der Waals surface area contributed by atoms with Crippen LogP contribution in [0.2, 0.25) is 0 Å². The Morgan fingerprint density at radius 1 is 1.50 bits per heavy atom. The van der Waals surface area contributed by atoms with Crippen LogP contribution in [0.5, 0.6) is 0 Å². The second-order valence-corrected chi connectivity index (χ2v) is 3.72. The average molecular weight is 227 g/mol. The smallest absolute Gasteiger partial charge is 0.306 e. The topological polar surface area (TPSA) is 60.8 Å². The number of aliphatic hydroxyl groups excluding tert-OH is 1. The van der Waals surface area contributed by atoms with Crippen LogP contribution in [0.3, 0.4) is 0 Å². The van der Waals surface area contributed by atoms with E-state index in [4.69, 9.17) is 5.11 Å². The predicted octanol–water partition coefficient (Wildman–Crippen LogP) is 1.40. The van der Waals surface area contributed by atoms with Crippen molar-refractivity contribution in [3.63, 3.8) is 0 Å². The highest BCUT2D eigenvalue weighted by atomic mass is 19.1. The number of hydrogen-bond donors (Lipinski definition) is 2. The van der Waals surface area contributed by atoms with Crippen molar-refractivity contribution in [2.45, 2.75) is 12.5 Å². The molecule has 0 bridgehead atoms. The van der Waals surface area contributed by atoms with Crippen LogP contribution < -0.4 is 4.90 Å². The molecule has 2 N–H and O–H groups in total. The summed E-state index contributed by atoms with van der Waals surface area (Å²) in [7, 11) is 3.40. The summed E-state index contributed by atoms with van der Waals surface area (Å²) in [6.07, 6.45) is -1.61. The third kappa shape index (κ3) is 2.93. The molecule has 1 aromatic carbocycles. The molecule has 1 aromatic rings. The molecular weight excluding hydrogens is 213 g/mol. The van der Waals surface area contributed by atoms with E-state index >= 15 is 0 Å². The van der Waals surface area contributed by atoms with Crippen molar-refractivity contribution in [1.29, 1.82) is 0 Å². The van der Waals surface area contributed by atoms with Gasteiger partial charge < -0.3 is 15.1 Å². The fourth-order valence-electron chi connectivity index (χ4n) is 1.38. The molecule has 0 saturated heterocycles. The van der Waals surface area contributed by atoms with E-state index in [9.17, 15) is 14.3 Å². The number of aliphatic carboxylic acids is 1. The second kappa shape index (κ2) is 4.94. The maximum Gasteiger partial charge on any atom is 0.306 e. The highest BCUT2D eigenvalue weighted by Crippen LogP contribution is 2.23. The van der Waals surface area contributed by atoms with Gasteiger partial charge in [-0.2, -0.15) is 0 Å². The minimum atomic E-state index is -1.18. The highest BCUT2D eigenvalue weighted by Gasteiger charge is 2.14. The highest BCUT2D eigenvalue weighted by molar-refractivity contribution is 5.67.